The third-order valence-corrected chi connectivity index (χ3v) is 3.71. The molecule has 0 saturated heterocycles. The van der Waals surface area contributed by atoms with Crippen LogP contribution in [0, 0.1) is 0 Å². The summed E-state index contributed by atoms with van der Waals surface area (Å²) in [5.41, 5.74) is 0.938. The molecular weight excluding hydrogens is 282 g/mol. The molecule has 1 rings (SSSR count). The van der Waals surface area contributed by atoms with Gasteiger partial charge in [0.1, 0.15) is 9.84 Å². The monoisotopic (exact) mass is 303 g/mol. The summed E-state index contributed by atoms with van der Waals surface area (Å²) in [6.07, 6.45) is 3.14. The van der Waals surface area contributed by atoms with Gasteiger partial charge in [0.05, 0.1) is 18.1 Å². The van der Waals surface area contributed by atoms with Crippen molar-refractivity contribution in [2.75, 3.05) is 18.6 Å². The van der Waals surface area contributed by atoms with Crippen molar-refractivity contribution in [2.45, 2.75) is 39.7 Å². The summed E-state index contributed by atoms with van der Waals surface area (Å²) in [4.78, 5) is 11.8. The number of carbonyl (C=O) groups is 1. The molecule has 0 aromatic carbocycles. The summed E-state index contributed by atoms with van der Waals surface area (Å²) in [6.45, 7) is 4.43. The Labute approximate surface area is 119 Å². The first-order valence-corrected chi connectivity index (χ1v) is 8.72. The van der Waals surface area contributed by atoms with Crippen LogP contribution in [0.5, 0.6) is 0 Å². The normalized spacial score (nSPS) is 11.6. The molecule has 114 valence electrons. The summed E-state index contributed by atoms with van der Waals surface area (Å²) in [5, 5.41) is 7.79. The molecule has 0 N–H and O–H groups in total. The molecule has 8 heteroatoms. The van der Waals surface area contributed by atoms with Gasteiger partial charge in [-0.05, 0) is 19.8 Å². The highest BCUT2D eigenvalue weighted by molar-refractivity contribution is 7.90. The van der Waals surface area contributed by atoms with Crippen LogP contribution < -0.4 is 0 Å². The largest absolute Gasteiger partial charge is 0.461 e. The molecule has 0 aliphatic carbocycles. The van der Waals surface area contributed by atoms with E-state index in [4.69, 9.17) is 4.74 Å². The van der Waals surface area contributed by atoms with Crippen LogP contribution in [0.2, 0.25) is 0 Å². The molecule has 0 spiro atoms. The van der Waals surface area contributed by atoms with Gasteiger partial charge in [0.15, 0.2) is 5.69 Å². The van der Waals surface area contributed by atoms with Crippen LogP contribution in [0.4, 0.5) is 0 Å². The number of rotatable bonds is 8. The Morgan fingerprint density at radius 3 is 2.60 bits per heavy atom. The molecule has 0 aliphatic heterocycles. The smallest absolute Gasteiger partial charge is 0.360 e. The first kappa shape index (κ1) is 16.6. The number of aryl methyl sites for hydroxylation is 1. The molecule has 7 nitrogen and oxygen atoms in total. The molecule has 1 aromatic heterocycles. The van der Waals surface area contributed by atoms with Crippen LogP contribution in [0.25, 0.3) is 0 Å². The van der Waals surface area contributed by atoms with Gasteiger partial charge in [-0.2, -0.15) is 0 Å². The predicted octanol–water partition coefficient (Wildman–Crippen LogP) is 0.842. The van der Waals surface area contributed by atoms with Crippen LogP contribution in [0.1, 0.15) is 42.9 Å². The van der Waals surface area contributed by atoms with Gasteiger partial charge in [-0.25, -0.2) is 17.9 Å². The molecule has 0 fully saturated rings. The predicted molar refractivity (Wildman–Crippen MR) is 74.3 cm³/mol. The highest BCUT2D eigenvalue weighted by atomic mass is 32.2. The van der Waals surface area contributed by atoms with Gasteiger partial charge in [-0.1, -0.05) is 18.6 Å². The maximum absolute atomic E-state index is 11.8. The van der Waals surface area contributed by atoms with Crippen LogP contribution in [0.3, 0.4) is 0 Å². The van der Waals surface area contributed by atoms with Gasteiger partial charge < -0.3 is 4.74 Å². The Morgan fingerprint density at radius 2 is 2.05 bits per heavy atom. The zero-order valence-corrected chi connectivity index (χ0v) is 12.9. The van der Waals surface area contributed by atoms with Crippen molar-refractivity contribution in [1.29, 1.82) is 0 Å². The Hall–Kier alpha value is -1.44. The lowest BCUT2D eigenvalue weighted by molar-refractivity contribution is 0.0518. The van der Waals surface area contributed by atoms with E-state index < -0.39 is 15.8 Å². The summed E-state index contributed by atoms with van der Waals surface area (Å²) in [6, 6.07) is 0. The Kier molecular flexibility index (Phi) is 6.12. The maximum atomic E-state index is 11.8. The number of esters is 1. The van der Waals surface area contributed by atoms with Crippen molar-refractivity contribution in [3.63, 3.8) is 0 Å². The Balaban J connectivity index is 2.83. The summed E-state index contributed by atoms with van der Waals surface area (Å²) < 4.78 is 28.8. The molecule has 20 heavy (non-hydrogen) atoms. The van der Waals surface area contributed by atoms with E-state index in [-0.39, 0.29) is 18.1 Å². The zero-order chi connectivity index (χ0) is 15.2. The van der Waals surface area contributed by atoms with E-state index in [9.17, 15) is 13.2 Å². The van der Waals surface area contributed by atoms with Crippen molar-refractivity contribution in [3.8, 4) is 0 Å². The molecule has 0 atom stereocenters. The number of hydrogen-bond acceptors (Lipinski definition) is 6. The van der Waals surface area contributed by atoms with Crippen LogP contribution >= 0.6 is 0 Å². The second-order valence-electron chi connectivity index (χ2n) is 4.56. The SMILES string of the molecule is CCCc1c(C(=O)OCC)nnn1CCCS(C)(=O)=O. The van der Waals surface area contributed by atoms with Crippen molar-refractivity contribution in [1.82, 2.24) is 15.0 Å². The van der Waals surface area contributed by atoms with E-state index in [1.807, 2.05) is 6.92 Å². The van der Waals surface area contributed by atoms with Crippen molar-refractivity contribution in [3.05, 3.63) is 11.4 Å². The first-order chi connectivity index (χ1) is 9.39. The van der Waals surface area contributed by atoms with Gasteiger partial charge in [-0.15, -0.1) is 5.10 Å². The highest BCUT2D eigenvalue weighted by Gasteiger charge is 2.20. The molecule has 0 bridgehead atoms. The Morgan fingerprint density at radius 1 is 1.35 bits per heavy atom. The first-order valence-electron chi connectivity index (χ1n) is 6.66. The number of sulfone groups is 1. The fourth-order valence-electron chi connectivity index (χ4n) is 1.83. The molecular formula is C12H21N3O4S. The number of aromatic nitrogens is 3. The molecule has 1 heterocycles. The molecule has 0 radical (unpaired) electrons. The van der Waals surface area contributed by atoms with Gasteiger partial charge in [0.25, 0.3) is 0 Å². The number of hydrogen-bond donors (Lipinski definition) is 0. The van der Waals surface area contributed by atoms with Crippen molar-refractivity contribution >= 4 is 15.8 Å². The molecule has 0 saturated carbocycles. The fourth-order valence-corrected chi connectivity index (χ4v) is 2.48. The summed E-state index contributed by atoms with van der Waals surface area (Å²) >= 11 is 0. The zero-order valence-electron chi connectivity index (χ0n) is 12.1. The molecule has 0 amide bonds. The quantitative estimate of drug-likeness (QED) is 0.661. The molecule has 0 unspecified atom stereocenters. The summed E-state index contributed by atoms with van der Waals surface area (Å²) in [7, 11) is -2.99. The minimum Gasteiger partial charge on any atom is -0.461 e. The second-order valence-corrected chi connectivity index (χ2v) is 6.82. The minimum absolute atomic E-state index is 0.0904. The maximum Gasteiger partial charge on any atom is 0.360 e. The topological polar surface area (TPSA) is 91.2 Å². The van der Waals surface area contributed by atoms with E-state index in [0.29, 0.717) is 25.1 Å². The third-order valence-electron chi connectivity index (χ3n) is 2.68. The summed E-state index contributed by atoms with van der Waals surface area (Å²) in [5.74, 6) is -0.391. The number of carbonyl (C=O) groups excluding carboxylic acids is 1. The standard InChI is InChI=1S/C12H21N3O4S/c1-4-7-10-11(12(16)19-5-2)13-14-15(10)8-6-9-20(3,17)18/h4-9H2,1-3H3. The van der Waals surface area contributed by atoms with E-state index in [1.165, 1.54) is 6.26 Å². The number of ether oxygens (including phenoxy) is 1. The molecule has 0 aliphatic rings. The van der Waals surface area contributed by atoms with Crippen LogP contribution in [-0.4, -0.2) is 48.0 Å². The molecule has 1 aromatic rings. The Bertz CT molecular complexity index is 551. The van der Waals surface area contributed by atoms with Gasteiger partial charge in [-0.3, -0.25) is 0 Å². The van der Waals surface area contributed by atoms with Gasteiger partial charge in [0, 0.05) is 12.8 Å². The lowest BCUT2D eigenvalue weighted by Crippen LogP contribution is -2.13. The lowest BCUT2D eigenvalue weighted by Gasteiger charge is -2.06. The van der Waals surface area contributed by atoms with Crippen LogP contribution in [-0.2, 0) is 27.5 Å². The van der Waals surface area contributed by atoms with Crippen molar-refractivity contribution < 1.29 is 17.9 Å². The van der Waals surface area contributed by atoms with Gasteiger partial charge in [0.2, 0.25) is 0 Å². The van der Waals surface area contributed by atoms with Gasteiger partial charge >= 0.3 is 5.97 Å². The van der Waals surface area contributed by atoms with Crippen molar-refractivity contribution in [2.24, 2.45) is 0 Å². The average Bonchev–Trinajstić information content (AvgIpc) is 2.72. The average molecular weight is 303 g/mol. The second kappa shape index (κ2) is 7.37. The van der Waals surface area contributed by atoms with E-state index >= 15 is 0 Å². The lowest BCUT2D eigenvalue weighted by atomic mass is 10.2. The highest BCUT2D eigenvalue weighted by Crippen LogP contribution is 2.11. The third kappa shape index (κ3) is 4.92. The van der Waals surface area contributed by atoms with E-state index in [1.54, 1.807) is 11.6 Å². The van der Waals surface area contributed by atoms with E-state index in [2.05, 4.69) is 10.3 Å². The fraction of sp³-hybridized carbons (Fsp3) is 0.750. The van der Waals surface area contributed by atoms with Crippen LogP contribution in [0.15, 0.2) is 0 Å². The van der Waals surface area contributed by atoms with E-state index in [0.717, 1.165) is 6.42 Å². The number of nitrogens with zero attached hydrogens (tertiary/aromatic N) is 3. The minimum atomic E-state index is -2.99.